The van der Waals surface area contributed by atoms with Crippen molar-refractivity contribution in [2.45, 2.75) is 25.4 Å². The number of ether oxygens (including phenoxy) is 1. The summed E-state index contributed by atoms with van der Waals surface area (Å²) in [6.45, 7) is 2.16. The van der Waals surface area contributed by atoms with E-state index < -0.39 is 0 Å². The molecule has 6 nitrogen and oxygen atoms in total. The van der Waals surface area contributed by atoms with Crippen LogP contribution in [0.25, 0.3) is 0 Å². The van der Waals surface area contributed by atoms with Gasteiger partial charge in [-0.3, -0.25) is 0 Å². The molecule has 4 rings (SSSR count). The molecule has 3 heterocycles. The Morgan fingerprint density at radius 3 is 2.84 bits per heavy atom. The van der Waals surface area contributed by atoms with Crippen LogP contribution in [0.3, 0.4) is 0 Å². The summed E-state index contributed by atoms with van der Waals surface area (Å²) < 4.78 is 11.2. The maximum absolute atomic E-state index is 5.68. The molecule has 1 atom stereocenters. The number of nitrogens with zero attached hydrogens (tertiary/aromatic N) is 4. The number of anilines is 1. The Bertz CT molecular complexity index is 791. The number of para-hydroxylation sites is 1. The molecule has 1 aliphatic rings. The third-order valence-corrected chi connectivity index (χ3v) is 4.34. The van der Waals surface area contributed by atoms with Gasteiger partial charge in [-0.05, 0) is 37.1 Å². The summed E-state index contributed by atoms with van der Waals surface area (Å²) in [6, 6.07) is 15.6. The van der Waals surface area contributed by atoms with Gasteiger partial charge in [0, 0.05) is 19.3 Å². The number of piperidine rings is 1. The summed E-state index contributed by atoms with van der Waals surface area (Å²) in [5.41, 5.74) is 0. The molecule has 0 aliphatic carbocycles. The molecule has 0 spiro atoms. The first-order valence-corrected chi connectivity index (χ1v) is 8.55. The number of pyridine rings is 1. The Balaban J connectivity index is 1.39. The van der Waals surface area contributed by atoms with Crippen LogP contribution in [0.4, 0.5) is 5.82 Å². The first-order chi connectivity index (χ1) is 12.4. The number of hydrogen-bond donors (Lipinski definition) is 0. The van der Waals surface area contributed by atoms with Crippen LogP contribution in [-0.2, 0) is 6.61 Å². The highest BCUT2D eigenvalue weighted by molar-refractivity contribution is 5.38. The van der Waals surface area contributed by atoms with Gasteiger partial charge >= 0.3 is 0 Å². The number of aromatic nitrogens is 3. The Hall–Kier alpha value is -2.89. The molecule has 1 aliphatic heterocycles. The molecule has 0 radical (unpaired) electrons. The lowest BCUT2D eigenvalue weighted by molar-refractivity contribution is 0.282. The monoisotopic (exact) mass is 336 g/mol. The van der Waals surface area contributed by atoms with Crippen LogP contribution in [0.5, 0.6) is 5.75 Å². The standard InChI is InChI=1S/C19H20N4O2/c1-2-8-16(9-3-1)24-14-17-21-19(25-22-17)15-7-6-12-23(13-15)18-10-4-5-11-20-18/h1-5,8-11,15H,6-7,12-14H2. The molecule has 25 heavy (non-hydrogen) atoms. The van der Waals surface area contributed by atoms with Crippen molar-refractivity contribution in [2.75, 3.05) is 18.0 Å². The lowest BCUT2D eigenvalue weighted by atomic mass is 9.98. The largest absolute Gasteiger partial charge is 0.485 e. The number of hydrogen-bond acceptors (Lipinski definition) is 6. The van der Waals surface area contributed by atoms with Crippen LogP contribution in [0.1, 0.15) is 30.5 Å². The van der Waals surface area contributed by atoms with Crippen molar-refractivity contribution in [1.82, 2.24) is 15.1 Å². The molecule has 1 fully saturated rings. The van der Waals surface area contributed by atoms with E-state index in [1.54, 1.807) is 0 Å². The van der Waals surface area contributed by atoms with Crippen LogP contribution < -0.4 is 9.64 Å². The van der Waals surface area contributed by atoms with Crippen molar-refractivity contribution < 1.29 is 9.26 Å². The topological polar surface area (TPSA) is 64.3 Å². The molecule has 1 aromatic carbocycles. The number of rotatable bonds is 5. The summed E-state index contributed by atoms with van der Waals surface area (Å²) in [4.78, 5) is 11.2. The fourth-order valence-corrected chi connectivity index (χ4v) is 3.08. The van der Waals surface area contributed by atoms with Crippen molar-refractivity contribution in [3.63, 3.8) is 0 Å². The van der Waals surface area contributed by atoms with Crippen molar-refractivity contribution in [2.24, 2.45) is 0 Å². The summed E-state index contributed by atoms with van der Waals surface area (Å²) >= 11 is 0. The SMILES string of the molecule is c1ccc(OCc2noc(C3CCCN(c4ccccn4)C3)n2)cc1. The van der Waals surface area contributed by atoms with Crippen LogP contribution in [0.2, 0.25) is 0 Å². The van der Waals surface area contributed by atoms with E-state index in [0.29, 0.717) is 18.3 Å². The maximum atomic E-state index is 5.68. The van der Waals surface area contributed by atoms with Crippen molar-refractivity contribution in [1.29, 1.82) is 0 Å². The quantitative estimate of drug-likeness (QED) is 0.711. The van der Waals surface area contributed by atoms with Gasteiger partial charge in [-0.2, -0.15) is 4.98 Å². The highest BCUT2D eigenvalue weighted by Gasteiger charge is 2.26. The van der Waals surface area contributed by atoms with E-state index in [9.17, 15) is 0 Å². The average Bonchev–Trinajstić information content (AvgIpc) is 3.17. The molecule has 0 amide bonds. The fourth-order valence-electron chi connectivity index (χ4n) is 3.08. The van der Waals surface area contributed by atoms with E-state index >= 15 is 0 Å². The summed E-state index contributed by atoms with van der Waals surface area (Å²) in [7, 11) is 0. The van der Waals surface area contributed by atoms with Crippen molar-refractivity contribution >= 4 is 5.82 Å². The van der Waals surface area contributed by atoms with E-state index in [4.69, 9.17) is 9.26 Å². The fraction of sp³-hybridized carbons (Fsp3) is 0.316. The lowest BCUT2D eigenvalue weighted by Gasteiger charge is -2.31. The third kappa shape index (κ3) is 3.79. The molecular weight excluding hydrogens is 316 g/mol. The van der Waals surface area contributed by atoms with Crippen molar-refractivity contribution in [3.05, 3.63) is 66.4 Å². The van der Waals surface area contributed by atoms with E-state index in [1.165, 1.54) is 0 Å². The van der Waals surface area contributed by atoms with Crippen molar-refractivity contribution in [3.8, 4) is 5.75 Å². The minimum atomic E-state index is 0.230. The highest BCUT2D eigenvalue weighted by atomic mass is 16.5. The van der Waals surface area contributed by atoms with Crippen LogP contribution >= 0.6 is 0 Å². The molecule has 3 aromatic rings. The molecule has 0 saturated carbocycles. The molecule has 2 aromatic heterocycles. The Morgan fingerprint density at radius 1 is 1.12 bits per heavy atom. The normalized spacial score (nSPS) is 17.4. The lowest BCUT2D eigenvalue weighted by Crippen LogP contribution is -2.35. The summed E-state index contributed by atoms with van der Waals surface area (Å²) in [5, 5.41) is 4.06. The molecular formula is C19H20N4O2. The van der Waals surface area contributed by atoms with Crippen LogP contribution in [0.15, 0.2) is 59.3 Å². The van der Waals surface area contributed by atoms with Gasteiger partial charge in [0.15, 0.2) is 6.61 Å². The minimum Gasteiger partial charge on any atom is -0.485 e. The zero-order valence-electron chi connectivity index (χ0n) is 13.9. The second-order valence-electron chi connectivity index (χ2n) is 6.12. The molecule has 6 heteroatoms. The van der Waals surface area contributed by atoms with E-state index in [0.717, 1.165) is 37.5 Å². The summed E-state index contributed by atoms with van der Waals surface area (Å²) in [5.74, 6) is 3.29. The molecule has 1 saturated heterocycles. The van der Waals surface area contributed by atoms with Gasteiger partial charge < -0.3 is 14.2 Å². The van der Waals surface area contributed by atoms with Gasteiger partial charge in [0.1, 0.15) is 11.6 Å². The van der Waals surface area contributed by atoms with Crippen LogP contribution in [0, 0.1) is 0 Å². The highest BCUT2D eigenvalue weighted by Crippen LogP contribution is 2.28. The first-order valence-electron chi connectivity index (χ1n) is 8.55. The Kier molecular flexibility index (Phi) is 4.59. The second-order valence-corrected chi connectivity index (χ2v) is 6.12. The van der Waals surface area contributed by atoms with E-state index in [2.05, 4.69) is 20.0 Å². The smallest absolute Gasteiger partial charge is 0.231 e. The zero-order chi connectivity index (χ0) is 16.9. The predicted octanol–water partition coefficient (Wildman–Crippen LogP) is 3.43. The van der Waals surface area contributed by atoms with Gasteiger partial charge in [0.25, 0.3) is 0 Å². The second kappa shape index (κ2) is 7.34. The van der Waals surface area contributed by atoms with Crippen LogP contribution in [-0.4, -0.2) is 28.2 Å². The maximum Gasteiger partial charge on any atom is 0.231 e. The van der Waals surface area contributed by atoms with Gasteiger partial charge in [0.2, 0.25) is 11.7 Å². The van der Waals surface area contributed by atoms with Gasteiger partial charge in [-0.25, -0.2) is 4.98 Å². The Labute approximate surface area is 146 Å². The van der Waals surface area contributed by atoms with Gasteiger partial charge in [-0.1, -0.05) is 29.4 Å². The summed E-state index contributed by atoms with van der Waals surface area (Å²) in [6.07, 6.45) is 3.95. The molecule has 0 N–H and O–H groups in total. The zero-order valence-corrected chi connectivity index (χ0v) is 13.9. The van der Waals surface area contributed by atoms with E-state index in [-0.39, 0.29) is 5.92 Å². The van der Waals surface area contributed by atoms with E-state index in [1.807, 2.05) is 54.7 Å². The minimum absolute atomic E-state index is 0.230. The average molecular weight is 336 g/mol. The van der Waals surface area contributed by atoms with Gasteiger partial charge in [0.05, 0.1) is 5.92 Å². The first kappa shape index (κ1) is 15.6. The molecule has 128 valence electrons. The number of benzene rings is 1. The Morgan fingerprint density at radius 2 is 2.00 bits per heavy atom. The molecule has 0 bridgehead atoms. The van der Waals surface area contributed by atoms with Gasteiger partial charge in [-0.15, -0.1) is 0 Å². The molecule has 1 unspecified atom stereocenters. The third-order valence-electron chi connectivity index (χ3n) is 4.34. The predicted molar refractivity (Wildman–Crippen MR) is 93.5 cm³/mol.